The van der Waals surface area contributed by atoms with Crippen molar-refractivity contribution in [2.75, 3.05) is 0 Å². The van der Waals surface area contributed by atoms with Crippen molar-refractivity contribution in [2.45, 2.75) is 0 Å². The van der Waals surface area contributed by atoms with Crippen LogP contribution in [0.1, 0.15) is 5.56 Å². The van der Waals surface area contributed by atoms with Crippen molar-refractivity contribution >= 4 is 50.8 Å². The molecule has 0 aliphatic rings. The third kappa shape index (κ3) is 2.06. The number of nitrogens with one attached hydrogen (secondary N) is 1. The van der Waals surface area contributed by atoms with Crippen LogP contribution >= 0.6 is 39.7 Å². The molecule has 6 heteroatoms. The van der Waals surface area contributed by atoms with Crippen molar-refractivity contribution in [1.29, 1.82) is 5.26 Å². The topological polar surface area (TPSA) is 44.5 Å². The van der Waals surface area contributed by atoms with E-state index in [4.69, 9.17) is 23.8 Å². The van der Waals surface area contributed by atoms with Crippen LogP contribution in [0.15, 0.2) is 40.9 Å². The number of imidazole rings is 1. The van der Waals surface area contributed by atoms with Crippen molar-refractivity contribution < 1.29 is 0 Å². The van der Waals surface area contributed by atoms with Gasteiger partial charge in [-0.1, -0.05) is 33.6 Å². The van der Waals surface area contributed by atoms with Gasteiger partial charge >= 0.3 is 0 Å². The minimum absolute atomic E-state index is 0.506. The Hall–Kier alpha value is -1.61. The fraction of sp³-hybridized carbons (Fsp3) is 0. The van der Waals surface area contributed by atoms with Crippen LogP contribution in [0.2, 0.25) is 5.02 Å². The summed E-state index contributed by atoms with van der Waals surface area (Å²) in [6.07, 6.45) is 0. The summed E-state index contributed by atoms with van der Waals surface area (Å²) < 4.78 is 3.14. The number of H-pyrrole nitrogens is 1. The van der Waals surface area contributed by atoms with E-state index in [9.17, 15) is 5.26 Å². The number of nitriles is 1. The molecule has 0 aliphatic heterocycles. The number of para-hydroxylation sites is 1. The third-order valence-corrected chi connectivity index (χ3v) is 4.06. The largest absolute Gasteiger partial charge is 0.330 e. The minimum Gasteiger partial charge on any atom is -0.330 e. The second-order valence-electron chi connectivity index (χ2n) is 4.17. The Morgan fingerprint density at radius 2 is 2.10 bits per heavy atom. The van der Waals surface area contributed by atoms with Crippen LogP contribution in [0.4, 0.5) is 0 Å². The van der Waals surface area contributed by atoms with Crippen LogP contribution in [0.3, 0.4) is 0 Å². The maximum atomic E-state index is 9.31. The average Bonchev–Trinajstić information content (AvgIpc) is 2.76. The molecule has 0 radical (unpaired) electrons. The normalized spacial score (nSPS) is 10.7. The van der Waals surface area contributed by atoms with E-state index in [1.54, 1.807) is 16.7 Å². The molecule has 0 saturated heterocycles. The Balaban J connectivity index is 2.45. The smallest absolute Gasteiger partial charge is 0.182 e. The highest BCUT2D eigenvalue weighted by Gasteiger charge is 2.13. The van der Waals surface area contributed by atoms with Crippen molar-refractivity contribution in [1.82, 2.24) is 9.55 Å². The van der Waals surface area contributed by atoms with E-state index in [1.807, 2.05) is 24.3 Å². The molecule has 1 heterocycles. The molecule has 0 spiro atoms. The zero-order valence-electron chi connectivity index (χ0n) is 10.0. The molecule has 0 aliphatic carbocycles. The Morgan fingerprint density at radius 1 is 1.30 bits per heavy atom. The van der Waals surface area contributed by atoms with E-state index < -0.39 is 0 Å². The molecule has 20 heavy (non-hydrogen) atoms. The zero-order valence-corrected chi connectivity index (χ0v) is 13.2. The lowest BCUT2D eigenvalue weighted by Gasteiger charge is -2.08. The molecule has 0 bridgehead atoms. The predicted octanol–water partition coefficient (Wildman–Crippen LogP) is 4.98. The van der Waals surface area contributed by atoms with Crippen LogP contribution in [-0.2, 0) is 0 Å². The predicted molar refractivity (Wildman–Crippen MR) is 85.9 cm³/mol. The van der Waals surface area contributed by atoms with Gasteiger partial charge in [0.25, 0.3) is 0 Å². The van der Waals surface area contributed by atoms with E-state index >= 15 is 0 Å². The zero-order chi connectivity index (χ0) is 14.3. The number of rotatable bonds is 1. The van der Waals surface area contributed by atoms with Gasteiger partial charge in [-0.15, -0.1) is 0 Å². The molecule has 0 unspecified atom stereocenters. The number of fused-ring (bicyclic) bond motifs is 1. The lowest BCUT2D eigenvalue weighted by molar-refractivity contribution is 1.06. The van der Waals surface area contributed by atoms with Crippen LogP contribution in [-0.4, -0.2) is 9.55 Å². The monoisotopic (exact) mass is 363 g/mol. The third-order valence-electron chi connectivity index (χ3n) is 2.98. The molecule has 3 aromatic rings. The summed E-state index contributed by atoms with van der Waals surface area (Å²) in [6.45, 7) is 0. The summed E-state index contributed by atoms with van der Waals surface area (Å²) in [6, 6.07) is 13.2. The maximum absolute atomic E-state index is 9.31. The van der Waals surface area contributed by atoms with Crippen LogP contribution in [0.5, 0.6) is 0 Å². The fourth-order valence-corrected chi connectivity index (χ4v) is 3.06. The van der Waals surface area contributed by atoms with Crippen molar-refractivity contribution in [3.8, 4) is 11.8 Å². The molecule has 0 atom stereocenters. The second kappa shape index (κ2) is 5.06. The Bertz CT molecular complexity index is 920. The lowest BCUT2D eigenvalue weighted by atomic mass is 10.2. The molecule has 0 amide bonds. The van der Waals surface area contributed by atoms with Crippen LogP contribution in [0, 0.1) is 16.1 Å². The molecule has 98 valence electrons. The molecule has 1 N–H and O–H groups in total. The summed E-state index contributed by atoms with van der Waals surface area (Å²) in [4.78, 5) is 3.10. The number of aromatic nitrogens is 2. The van der Waals surface area contributed by atoms with Gasteiger partial charge in [0.05, 0.1) is 27.3 Å². The average molecular weight is 365 g/mol. The first-order valence-electron chi connectivity index (χ1n) is 5.71. The molecular formula is C14H7BrClN3S. The molecule has 2 aromatic carbocycles. The first kappa shape index (κ1) is 13.4. The summed E-state index contributed by atoms with van der Waals surface area (Å²) in [5.74, 6) is 0. The highest BCUT2D eigenvalue weighted by molar-refractivity contribution is 9.10. The summed E-state index contributed by atoms with van der Waals surface area (Å²) in [7, 11) is 0. The summed E-state index contributed by atoms with van der Waals surface area (Å²) in [5, 5.41) is 9.90. The first-order valence-corrected chi connectivity index (χ1v) is 7.29. The number of aromatic amines is 1. The van der Waals surface area contributed by atoms with Gasteiger partial charge in [0, 0.05) is 4.47 Å². The number of hydrogen-bond donors (Lipinski definition) is 1. The van der Waals surface area contributed by atoms with Gasteiger partial charge in [0.15, 0.2) is 4.77 Å². The van der Waals surface area contributed by atoms with Gasteiger partial charge in [-0.3, -0.25) is 4.57 Å². The Morgan fingerprint density at radius 3 is 2.85 bits per heavy atom. The van der Waals surface area contributed by atoms with Crippen molar-refractivity contribution in [2.24, 2.45) is 0 Å². The lowest BCUT2D eigenvalue weighted by Crippen LogP contribution is -1.98. The van der Waals surface area contributed by atoms with E-state index in [-0.39, 0.29) is 0 Å². The summed E-state index contributed by atoms with van der Waals surface area (Å²) in [5.41, 5.74) is 2.85. The van der Waals surface area contributed by atoms with Gasteiger partial charge in [-0.05, 0) is 42.5 Å². The van der Waals surface area contributed by atoms with Crippen molar-refractivity contribution in [3.63, 3.8) is 0 Å². The van der Waals surface area contributed by atoms with Gasteiger partial charge < -0.3 is 4.98 Å². The number of nitrogens with zero attached hydrogens (tertiary/aromatic N) is 2. The van der Waals surface area contributed by atoms with Gasteiger partial charge in [-0.25, -0.2) is 0 Å². The number of hydrogen-bond acceptors (Lipinski definition) is 2. The molecular weight excluding hydrogens is 358 g/mol. The highest BCUT2D eigenvalue weighted by atomic mass is 79.9. The molecule has 0 fully saturated rings. The standard InChI is InChI=1S/C14H7BrClN3S/c15-9-4-5-12(8(6-9)7-17)19-13-10(16)2-1-3-11(13)18-14(19)20/h1-6H,(H,18,20). The van der Waals surface area contributed by atoms with Gasteiger partial charge in [0.2, 0.25) is 0 Å². The first-order chi connectivity index (χ1) is 9.61. The van der Waals surface area contributed by atoms with Crippen LogP contribution < -0.4 is 0 Å². The Kier molecular flexibility index (Phi) is 3.38. The second-order valence-corrected chi connectivity index (χ2v) is 5.88. The van der Waals surface area contributed by atoms with E-state index in [0.717, 1.165) is 15.5 Å². The van der Waals surface area contributed by atoms with Gasteiger partial charge in [-0.2, -0.15) is 5.26 Å². The fourth-order valence-electron chi connectivity index (χ4n) is 2.14. The number of halogens is 2. The quantitative estimate of drug-likeness (QED) is 0.619. The molecule has 3 nitrogen and oxygen atoms in total. The Labute approximate surface area is 133 Å². The van der Waals surface area contributed by atoms with E-state index in [0.29, 0.717) is 21.0 Å². The summed E-state index contributed by atoms with van der Waals surface area (Å²) >= 11 is 15.0. The van der Waals surface area contributed by atoms with Gasteiger partial charge in [0.1, 0.15) is 6.07 Å². The van der Waals surface area contributed by atoms with Crippen LogP contribution in [0.25, 0.3) is 16.7 Å². The molecule has 0 saturated carbocycles. The molecule has 1 aromatic heterocycles. The molecule has 3 rings (SSSR count). The van der Waals surface area contributed by atoms with Crippen molar-refractivity contribution in [3.05, 3.63) is 56.2 Å². The maximum Gasteiger partial charge on any atom is 0.182 e. The highest BCUT2D eigenvalue weighted by Crippen LogP contribution is 2.28. The minimum atomic E-state index is 0.506. The SMILES string of the molecule is N#Cc1cc(Br)ccc1-n1c(=S)[nH]c2cccc(Cl)c21. The van der Waals surface area contributed by atoms with E-state index in [1.165, 1.54) is 0 Å². The number of benzene rings is 2. The van der Waals surface area contributed by atoms with E-state index in [2.05, 4.69) is 27.0 Å².